The number of amides is 1. The van der Waals surface area contributed by atoms with Gasteiger partial charge in [0.15, 0.2) is 0 Å². The minimum atomic E-state index is -0.662. The third-order valence-electron chi connectivity index (χ3n) is 5.81. The molecule has 1 aliphatic rings. The van der Waals surface area contributed by atoms with Gasteiger partial charge < -0.3 is 15.3 Å². The molecule has 0 bridgehead atoms. The van der Waals surface area contributed by atoms with Crippen molar-refractivity contribution in [2.75, 3.05) is 25.0 Å². The van der Waals surface area contributed by atoms with Crippen LogP contribution < -0.4 is 5.32 Å². The minimum absolute atomic E-state index is 0.226. The van der Waals surface area contributed by atoms with E-state index in [9.17, 15) is 9.90 Å². The summed E-state index contributed by atoms with van der Waals surface area (Å²) >= 11 is 13.2. The van der Waals surface area contributed by atoms with Crippen LogP contribution in [0.25, 0.3) is 0 Å². The van der Waals surface area contributed by atoms with Crippen LogP contribution in [0.2, 0.25) is 10.0 Å². The molecule has 0 aliphatic heterocycles. The third kappa shape index (κ3) is 6.09. The number of benzene rings is 1. The molecular weight excluding hydrogens is 395 g/mol. The van der Waals surface area contributed by atoms with Crippen LogP contribution in [-0.2, 0) is 4.79 Å². The zero-order chi connectivity index (χ0) is 20.7. The van der Waals surface area contributed by atoms with Crippen molar-refractivity contribution >= 4 is 34.8 Å². The second-order valence-corrected chi connectivity index (χ2v) is 8.54. The van der Waals surface area contributed by atoms with Crippen LogP contribution in [0.15, 0.2) is 6.07 Å². The Morgan fingerprint density at radius 1 is 1.25 bits per heavy atom. The average molecular weight is 429 g/mol. The summed E-state index contributed by atoms with van der Waals surface area (Å²) in [5, 5.41) is 14.6. The fourth-order valence-corrected chi connectivity index (χ4v) is 4.92. The van der Waals surface area contributed by atoms with Gasteiger partial charge >= 0.3 is 0 Å². The number of carbonyl (C=O) groups excluding carboxylic acids is 1. The first-order chi connectivity index (χ1) is 13.4. The van der Waals surface area contributed by atoms with Crippen LogP contribution in [-0.4, -0.2) is 35.5 Å². The monoisotopic (exact) mass is 428 g/mol. The van der Waals surface area contributed by atoms with Crippen molar-refractivity contribution in [3.63, 3.8) is 0 Å². The largest absolute Gasteiger partial charge is 0.388 e. The lowest BCUT2D eigenvalue weighted by Crippen LogP contribution is -2.24. The van der Waals surface area contributed by atoms with Crippen molar-refractivity contribution < 1.29 is 9.90 Å². The zero-order valence-electron chi connectivity index (χ0n) is 17.4. The van der Waals surface area contributed by atoms with Gasteiger partial charge in [-0.1, -0.05) is 56.3 Å². The molecule has 1 atom stereocenters. The van der Waals surface area contributed by atoms with E-state index >= 15 is 0 Å². The summed E-state index contributed by atoms with van der Waals surface area (Å²) in [6, 6.07) is 1.91. The van der Waals surface area contributed by atoms with E-state index in [1.807, 2.05) is 6.07 Å². The normalized spacial score (nSPS) is 16.4. The van der Waals surface area contributed by atoms with E-state index in [4.69, 9.17) is 23.2 Å². The Labute approximate surface area is 179 Å². The zero-order valence-corrected chi connectivity index (χ0v) is 18.9. The van der Waals surface area contributed by atoms with Gasteiger partial charge in [0.2, 0.25) is 5.91 Å². The molecule has 0 saturated heterocycles. The van der Waals surface area contributed by atoms with E-state index in [-0.39, 0.29) is 5.91 Å². The number of hydrogen-bond donors (Lipinski definition) is 2. The number of rotatable bonds is 9. The number of nitrogens with zero attached hydrogens (tertiary/aromatic N) is 1. The summed E-state index contributed by atoms with van der Waals surface area (Å²) in [5.41, 5.74) is 2.22. The summed E-state index contributed by atoms with van der Waals surface area (Å²) in [7, 11) is 0. The van der Waals surface area contributed by atoms with Gasteiger partial charge in [0.05, 0.1) is 21.8 Å². The Bertz CT molecular complexity index is 656. The van der Waals surface area contributed by atoms with Gasteiger partial charge in [0, 0.05) is 12.5 Å². The summed E-state index contributed by atoms with van der Waals surface area (Å²) < 4.78 is 0. The number of carbonyl (C=O) groups is 1. The molecule has 1 aliphatic carbocycles. The van der Waals surface area contributed by atoms with Gasteiger partial charge in [-0.15, -0.1) is 0 Å². The molecule has 0 radical (unpaired) electrons. The smallest absolute Gasteiger partial charge is 0.221 e. The van der Waals surface area contributed by atoms with Crippen LogP contribution in [0, 0.1) is 0 Å². The first-order valence-corrected chi connectivity index (χ1v) is 11.3. The molecule has 1 fully saturated rings. The lowest BCUT2D eigenvalue weighted by atomic mass is 9.80. The molecular formula is C22H34Cl2N2O2. The average Bonchev–Trinajstić information content (AvgIpc) is 2.68. The number of anilines is 1. The van der Waals surface area contributed by atoms with E-state index in [2.05, 4.69) is 24.1 Å². The summed E-state index contributed by atoms with van der Waals surface area (Å²) in [6.45, 7) is 8.70. The van der Waals surface area contributed by atoms with Crippen LogP contribution in [0.4, 0.5) is 5.69 Å². The maximum atomic E-state index is 11.6. The Hall–Kier alpha value is -0.810. The topological polar surface area (TPSA) is 52.6 Å². The van der Waals surface area contributed by atoms with Crippen molar-refractivity contribution in [1.29, 1.82) is 0 Å². The van der Waals surface area contributed by atoms with Crippen molar-refractivity contribution in [2.24, 2.45) is 0 Å². The van der Waals surface area contributed by atoms with Gasteiger partial charge in [-0.25, -0.2) is 0 Å². The number of aliphatic hydroxyl groups is 1. The Balaban J connectivity index is 2.32. The van der Waals surface area contributed by atoms with Crippen LogP contribution in [0.3, 0.4) is 0 Å². The lowest BCUT2D eigenvalue weighted by Gasteiger charge is -2.28. The highest BCUT2D eigenvalue weighted by Crippen LogP contribution is 2.45. The fourth-order valence-electron chi connectivity index (χ4n) is 4.23. The van der Waals surface area contributed by atoms with Gasteiger partial charge in [0.1, 0.15) is 0 Å². The van der Waals surface area contributed by atoms with Crippen molar-refractivity contribution in [1.82, 2.24) is 4.90 Å². The van der Waals surface area contributed by atoms with Gasteiger partial charge in [-0.05, 0) is 62.9 Å². The fraction of sp³-hybridized carbons (Fsp3) is 0.682. The predicted octanol–water partition coefficient (Wildman–Crippen LogP) is 6.15. The summed E-state index contributed by atoms with van der Waals surface area (Å²) in [5.74, 6) is 0.138. The molecule has 158 valence electrons. The molecule has 6 heteroatoms. The molecule has 0 heterocycles. The molecule has 4 nitrogen and oxygen atoms in total. The Kier molecular flexibility index (Phi) is 9.55. The van der Waals surface area contributed by atoms with E-state index in [0.717, 1.165) is 50.0 Å². The highest BCUT2D eigenvalue weighted by Gasteiger charge is 2.27. The molecule has 28 heavy (non-hydrogen) atoms. The lowest BCUT2D eigenvalue weighted by molar-refractivity contribution is -0.114. The Morgan fingerprint density at radius 3 is 2.46 bits per heavy atom. The molecule has 2 N–H and O–H groups in total. The number of hydrogen-bond acceptors (Lipinski definition) is 3. The van der Waals surface area contributed by atoms with Gasteiger partial charge in [-0.3, -0.25) is 4.79 Å². The maximum Gasteiger partial charge on any atom is 0.221 e. The SMILES string of the molecule is CCN(CC)CCCC(O)c1c(C2CCCCC2)cc(Cl)c(NC(C)=O)c1Cl. The summed E-state index contributed by atoms with van der Waals surface area (Å²) in [4.78, 5) is 14.0. The second-order valence-electron chi connectivity index (χ2n) is 7.75. The molecule has 0 spiro atoms. The van der Waals surface area contributed by atoms with Crippen LogP contribution >= 0.6 is 23.2 Å². The summed E-state index contributed by atoms with van der Waals surface area (Å²) in [6.07, 6.45) is 6.67. The van der Waals surface area contributed by atoms with E-state index in [0.29, 0.717) is 28.1 Å². The van der Waals surface area contributed by atoms with E-state index < -0.39 is 6.10 Å². The number of aliphatic hydroxyl groups excluding tert-OH is 1. The van der Waals surface area contributed by atoms with Gasteiger partial charge in [0.25, 0.3) is 0 Å². The van der Waals surface area contributed by atoms with Gasteiger partial charge in [-0.2, -0.15) is 0 Å². The van der Waals surface area contributed by atoms with Crippen molar-refractivity contribution in [3.05, 3.63) is 27.2 Å². The number of halogens is 2. The van der Waals surface area contributed by atoms with Crippen molar-refractivity contribution in [2.45, 2.75) is 77.7 Å². The molecule has 1 aromatic carbocycles. The predicted molar refractivity (Wildman–Crippen MR) is 119 cm³/mol. The highest BCUT2D eigenvalue weighted by atomic mass is 35.5. The molecule has 2 rings (SSSR count). The molecule has 1 aromatic rings. The first-order valence-electron chi connectivity index (χ1n) is 10.6. The molecule has 1 amide bonds. The minimum Gasteiger partial charge on any atom is -0.388 e. The highest BCUT2D eigenvalue weighted by molar-refractivity contribution is 6.40. The third-order valence-corrected chi connectivity index (χ3v) is 6.50. The van der Waals surface area contributed by atoms with E-state index in [1.165, 1.54) is 26.2 Å². The Morgan fingerprint density at radius 2 is 1.89 bits per heavy atom. The molecule has 1 unspecified atom stereocenters. The first kappa shape index (κ1) is 23.5. The molecule has 1 saturated carbocycles. The quantitative estimate of drug-likeness (QED) is 0.495. The molecule has 0 aromatic heterocycles. The second kappa shape index (κ2) is 11.4. The van der Waals surface area contributed by atoms with Crippen LogP contribution in [0.1, 0.15) is 88.9 Å². The number of nitrogens with one attached hydrogen (secondary N) is 1. The van der Waals surface area contributed by atoms with Crippen molar-refractivity contribution in [3.8, 4) is 0 Å². The van der Waals surface area contributed by atoms with E-state index in [1.54, 1.807) is 0 Å². The standard InChI is InChI=1S/C22H34Cl2N2O2/c1-4-26(5-2)13-9-12-19(28)20-17(16-10-7-6-8-11-16)14-18(23)22(21(20)24)25-15(3)27/h14,16,19,28H,4-13H2,1-3H3,(H,25,27). The van der Waals surface area contributed by atoms with Crippen LogP contribution in [0.5, 0.6) is 0 Å². The maximum absolute atomic E-state index is 11.6.